The predicted octanol–water partition coefficient (Wildman–Crippen LogP) is 4.38. The summed E-state index contributed by atoms with van der Waals surface area (Å²) < 4.78 is 10.9. The molecule has 0 saturated heterocycles. The van der Waals surface area contributed by atoms with Gasteiger partial charge >= 0.3 is 5.63 Å². The standard InChI is InChI=1S/C26H18N4O5S/c27-24(33)19-4-2-12-28-25(19)34-16-8-6-15(7-9-16)13-22(31)30-26-29-20(14-36-26)17-3-1-5-21-18(17)10-11-23(32)35-21/h1-12,14H,13H2,(H2,27,33)(H,29,30,31). The van der Waals surface area contributed by atoms with Crippen LogP contribution in [0.3, 0.4) is 0 Å². The molecular formula is C26H18N4O5S. The van der Waals surface area contributed by atoms with E-state index in [1.807, 2.05) is 11.4 Å². The lowest BCUT2D eigenvalue weighted by molar-refractivity contribution is -0.115. The normalized spacial score (nSPS) is 10.8. The first kappa shape index (κ1) is 22.9. The number of benzene rings is 2. The minimum atomic E-state index is -0.635. The van der Waals surface area contributed by atoms with Crippen molar-refractivity contribution in [3.63, 3.8) is 0 Å². The zero-order chi connectivity index (χ0) is 25.1. The van der Waals surface area contributed by atoms with Crippen molar-refractivity contribution in [1.82, 2.24) is 9.97 Å². The molecule has 0 fully saturated rings. The number of carbonyl (C=O) groups excluding carboxylic acids is 2. The van der Waals surface area contributed by atoms with E-state index in [1.54, 1.807) is 48.5 Å². The number of nitrogens with zero attached hydrogens (tertiary/aromatic N) is 2. The summed E-state index contributed by atoms with van der Waals surface area (Å²) in [6, 6.07) is 18.4. The number of carbonyl (C=O) groups is 2. The van der Waals surface area contributed by atoms with E-state index in [0.29, 0.717) is 22.2 Å². The number of fused-ring (bicyclic) bond motifs is 1. The van der Waals surface area contributed by atoms with E-state index in [9.17, 15) is 14.4 Å². The predicted molar refractivity (Wildman–Crippen MR) is 135 cm³/mol. The van der Waals surface area contributed by atoms with E-state index in [2.05, 4.69) is 15.3 Å². The number of nitrogens with two attached hydrogens (primary N) is 1. The Labute approximate surface area is 208 Å². The van der Waals surface area contributed by atoms with Crippen LogP contribution >= 0.6 is 11.3 Å². The molecule has 178 valence electrons. The largest absolute Gasteiger partial charge is 0.438 e. The molecule has 2 amide bonds. The van der Waals surface area contributed by atoms with Gasteiger partial charge in [0, 0.05) is 28.6 Å². The third kappa shape index (κ3) is 4.98. The summed E-state index contributed by atoms with van der Waals surface area (Å²) in [4.78, 5) is 44.2. The molecule has 5 aromatic rings. The molecule has 0 aliphatic rings. The van der Waals surface area contributed by atoms with E-state index >= 15 is 0 Å². The number of hydrogen-bond acceptors (Lipinski definition) is 8. The van der Waals surface area contributed by atoms with Gasteiger partial charge in [-0.3, -0.25) is 9.59 Å². The maximum absolute atomic E-state index is 12.6. The molecule has 2 aromatic carbocycles. The molecule has 0 aliphatic heterocycles. The monoisotopic (exact) mass is 498 g/mol. The molecule has 0 spiro atoms. The first-order valence-electron chi connectivity index (χ1n) is 10.8. The summed E-state index contributed by atoms with van der Waals surface area (Å²) >= 11 is 1.30. The Morgan fingerprint density at radius 3 is 2.67 bits per heavy atom. The number of pyridine rings is 1. The molecule has 3 aromatic heterocycles. The van der Waals surface area contributed by atoms with E-state index < -0.39 is 11.5 Å². The fraction of sp³-hybridized carbons (Fsp3) is 0.0385. The maximum Gasteiger partial charge on any atom is 0.336 e. The van der Waals surface area contributed by atoms with Gasteiger partial charge in [-0.25, -0.2) is 14.8 Å². The van der Waals surface area contributed by atoms with Gasteiger partial charge in [-0.1, -0.05) is 24.3 Å². The maximum atomic E-state index is 12.6. The van der Waals surface area contributed by atoms with Crippen LogP contribution in [0.1, 0.15) is 15.9 Å². The number of rotatable bonds is 7. The van der Waals surface area contributed by atoms with Gasteiger partial charge in [0.2, 0.25) is 11.8 Å². The van der Waals surface area contributed by atoms with Crippen molar-refractivity contribution >= 4 is 39.3 Å². The smallest absolute Gasteiger partial charge is 0.336 e. The SMILES string of the molecule is NC(=O)c1cccnc1Oc1ccc(CC(=O)Nc2nc(-c3cccc4oc(=O)ccc34)cs2)cc1. The van der Waals surface area contributed by atoms with Gasteiger partial charge in [0.25, 0.3) is 5.91 Å². The van der Waals surface area contributed by atoms with E-state index in [1.165, 1.54) is 29.7 Å². The van der Waals surface area contributed by atoms with Crippen LogP contribution in [0.2, 0.25) is 0 Å². The Morgan fingerprint density at radius 2 is 1.86 bits per heavy atom. The highest BCUT2D eigenvalue weighted by molar-refractivity contribution is 7.14. The highest BCUT2D eigenvalue weighted by atomic mass is 32.1. The number of thiazole rings is 1. The molecular weight excluding hydrogens is 480 g/mol. The van der Waals surface area contributed by atoms with Crippen LogP contribution in [0, 0.1) is 0 Å². The van der Waals surface area contributed by atoms with Crippen molar-refractivity contribution in [2.45, 2.75) is 6.42 Å². The van der Waals surface area contributed by atoms with Gasteiger partial charge in [0.15, 0.2) is 5.13 Å². The Morgan fingerprint density at radius 1 is 1.03 bits per heavy atom. The van der Waals surface area contributed by atoms with Gasteiger partial charge in [-0.05, 0) is 42.0 Å². The molecule has 9 nitrogen and oxygen atoms in total. The van der Waals surface area contributed by atoms with E-state index in [4.69, 9.17) is 14.9 Å². The fourth-order valence-corrected chi connectivity index (χ4v) is 4.30. The lowest BCUT2D eigenvalue weighted by Gasteiger charge is -2.08. The third-order valence-electron chi connectivity index (χ3n) is 5.23. The second kappa shape index (κ2) is 9.80. The average molecular weight is 499 g/mol. The number of ether oxygens (including phenoxy) is 1. The third-order valence-corrected chi connectivity index (χ3v) is 5.99. The first-order chi connectivity index (χ1) is 17.5. The van der Waals surface area contributed by atoms with Crippen LogP contribution in [0.4, 0.5) is 5.13 Å². The van der Waals surface area contributed by atoms with Crippen LogP contribution in [0.5, 0.6) is 11.6 Å². The van der Waals surface area contributed by atoms with Crippen LogP contribution in [-0.2, 0) is 11.2 Å². The van der Waals surface area contributed by atoms with Crippen molar-refractivity contribution < 1.29 is 18.7 Å². The number of nitrogens with one attached hydrogen (secondary N) is 1. The van der Waals surface area contributed by atoms with Gasteiger partial charge in [-0.2, -0.15) is 0 Å². The summed E-state index contributed by atoms with van der Waals surface area (Å²) in [5.74, 6) is -0.294. The number of aromatic nitrogens is 2. The summed E-state index contributed by atoms with van der Waals surface area (Å²) in [6.07, 6.45) is 1.63. The summed E-state index contributed by atoms with van der Waals surface area (Å²) in [5.41, 5.74) is 7.81. The Balaban J connectivity index is 1.24. The highest BCUT2D eigenvalue weighted by Gasteiger charge is 2.13. The summed E-state index contributed by atoms with van der Waals surface area (Å²) in [6.45, 7) is 0. The highest BCUT2D eigenvalue weighted by Crippen LogP contribution is 2.30. The number of hydrogen-bond donors (Lipinski definition) is 2. The Kier molecular flexibility index (Phi) is 6.25. The van der Waals surface area contributed by atoms with Gasteiger partial charge in [0.1, 0.15) is 16.9 Å². The molecule has 0 saturated carbocycles. The zero-order valence-electron chi connectivity index (χ0n) is 18.6. The van der Waals surface area contributed by atoms with Crippen molar-refractivity contribution in [2.75, 3.05) is 5.32 Å². The summed E-state index contributed by atoms with van der Waals surface area (Å²) in [5, 5.41) is 5.86. The van der Waals surface area contributed by atoms with Gasteiger partial charge in [0.05, 0.1) is 12.1 Å². The molecule has 0 radical (unpaired) electrons. The lowest BCUT2D eigenvalue weighted by atomic mass is 10.1. The van der Waals surface area contributed by atoms with Crippen LogP contribution in [0.15, 0.2) is 87.5 Å². The molecule has 0 aliphatic carbocycles. The molecule has 0 bridgehead atoms. The Bertz CT molecular complexity index is 1640. The Hall–Kier alpha value is -4.83. The quantitative estimate of drug-likeness (QED) is 0.318. The molecule has 3 heterocycles. The van der Waals surface area contributed by atoms with Crippen molar-refractivity contribution in [3.8, 4) is 22.9 Å². The first-order valence-corrected chi connectivity index (χ1v) is 11.6. The molecule has 36 heavy (non-hydrogen) atoms. The molecule has 3 N–H and O–H groups in total. The number of amides is 2. The fourth-order valence-electron chi connectivity index (χ4n) is 3.57. The average Bonchev–Trinajstić information content (AvgIpc) is 3.33. The number of anilines is 1. The summed E-state index contributed by atoms with van der Waals surface area (Å²) in [7, 11) is 0. The van der Waals surface area contributed by atoms with Crippen molar-refractivity contribution in [2.24, 2.45) is 5.73 Å². The van der Waals surface area contributed by atoms with E-state index in [0.717, 1.165) is 16.5 Å². The molecule has 10 heteroatoms. The molecule has 0 unspecified atom stereocenters. The zero-order valence-corrected chi connectivity index (χ0v) is 19.5. The second-order valence-corrected chi connectivity index (χ2v) is 8.56. The van der Waals surface area contributed by atoms with Crippen LogP contribution < -0.4 is 21.4 Å². The minimum Gasteiger partial charge on any atom is -0.438 e. The minimum absolute atomic E-state index is 0.114. The van der Waals surface area contributed by atoms with Gasteiger partial charge in [-0.15, -0.1) is 11.3 Å². The van der Waals surface area contributed by atoms with E-state index in [-0.39, 0.29) is 23.8 Å². The molecule has 5 rings (SSSR count). The van der Waals surface area contributed by atoms with Crippen molar-refractivity contribution in [1.29, 1.82) is 0 Å². The second-order valence-electron chi connectivity index (χ2n) is 7.70. The lowest BCUT2D eigenvalue weighted by Crippen LogP contribution is -2.14. The van der Waals surface area contributed by atoms with Crippen LogP contribution in [0.25, 0.3) is 22.2 Å². The van der Waals surface area contributed by atoms with Crippen molar-refractivity contribution in [3.05, 3.63) is 99.9 Å². The topological polar surface area (TPSA) is 137 Å². The van der Waals surface area contributed by atoms with Gasteiger partial charge < -0.3 is 20.2 Å². The number of primary amides is 1. The van der Waals surface area contributed by atoms with Crippen LogP contribution in [-0.4, -0.2) is 21.8 Å². The molecule has 0 atom stereocenters.